The first-order valence-corrected chi connectivity index (χ1v) is 10.9. The second-order valence-corrected chi connectivity index (χ2v) is 8.77. The molecule has 29 heavy (non-hydrogen) atoms. The summed E-state index contributed by atoms with van der Waals surface area (Å²) in [6, 6.07) is 20.4. The second-order valence-electron chi connectivity index (χ2n) is 8.77. The van der Waals surface area contributed by atoms with Crippen molar-refractivity contribution in [3.63, 3.8) is 0 Å². The van der Waals surface area contributed by atoms with Crippen LogP contribution in [0.1, 0.15) is 55.0 Å². The van der Waals surface area contributed by atoms with Crippen LogP contribution in [-0.4, -0.2) is 41.5 Å². The van der Waals surface area contributed by atoms with Crippen LogP contribution in [0.4, 0.5) is 0 Å². The molecule has 0 bridgehead atoms. The molecule has 0 saturated carbocycles. The van der Waals surface area contributed by atoms with E-state index in [1.54, 1.807) is 0 Å². The first-order chi connectivity index (χ1) is 14.2. The number of benzene rings is 2. The second kappa shape index (κ2) is 7.89. The maximum atomic E-state index is 11.6. The Morgan fingerprint density at radius 2 is 1.90 bits per heavy atom. The van der Waals surface area contributed by atoms with E-state index in [9.17, 15) is 4.79 Å². The zero-order valence-electron chi connectivity index (χ0n) is 17.1. The predicted octanol–water partition coefficient (Wildman–Crippen LogP) is 4.01. The van der Waals surface area contributed by atoms with Crippen molar-refractivity contribution in [3.05, 3.63) is 71.3 Å². The van der Waals surface area contributed by atoms with Crippen LogP contribution in [0.5, 0.6) is 0 Å². The van der Waals surface area contributed by atoms with E-state index in [0.29, 0.717) is 24.0 Å². The van der Waals surface area contributed by atoms with E-state index in [1.165, 1.54) is 24.0 Å². The highest BCUT2D eigenvalue weighted by Crippen LogP contribution is 2.44. The largest absolute Gasteiger partial charge is 0.291 e. The Labute approximate surface area is 173 Å². The van der Waals surface area contributed by atoms with E-state index in [4.69, 9.17) is 0 Å². The number of nitrogens with zero attached hydrogens (tertiary/aromatic N) is 2. The van der Waals surface area contributed by atoms with Gasteiger partial charge in [0, 0.05) is 37.8 Å². The summed E-state index contributed by atoms with van der Waals surface area (Å²) in [5.74, 6) is 2.87. The summed E-state index contributed by atoms with van der Waals surface area (Å²) in [6.45, 7) is 5.16. The van der Waals surface area contributed by atoms with Crippen molar-refractivity contribution in [3.8, 4) is 0 Å². The van der Waals surface area contributed by atoms with Crippen LogP contribution in [0, 0.1) is 5.92 Å². The van der Waals surface area contributed by atoms with E-state index in [1.807, 2.05) is 6.07 Å². The molecule has 0 radical (unpaired) electrons. The van der Waals surface area contributed by atoms with Gasteiger partial charge in [0.15, 0.2) is 0 Å². The highest BCUT2D eigenvalue weighted by molar-refractivity contribution is 5.90. The molecule has 0 unspecified atom stereocenters. The van der Waals surface area contributed by atoms with Gasteiger partial charge < -0.3 is 0 Å². The molecule has 0 aliphatic carbocycles. The topological polar surface area (TPSA) is 35.6 Å². The standard InChI is InChI=1S/C25H29N3O/c1-18(19-8-3-2-4-9-19)26-28-13-7-10-20-15-27-16-21(17-29)22-11-5-6-12-23(22)25(27)14-24(20)28/h2-6,8-9,11-12,18,20,24-26H,7,10,13-16H2,1H3/t18-,20-,24+,25-/m1/s1. The molecule has 2 saturated heterocycles. The molecule has 4 atom stereocenters. The lowest BCUT2D eigenvalue weighted by atomic mass is 9.76. The van der Waals surface area contributed by atoms with Gasteiger partial charge in [0.25, 0.3) is 0 Å². The van der Waals surface area contributed by atoms with Crippen molar-refractivity contribution in [2.45, 2.75) is 44.3 Å². The molecule has 0 aromatic heterocycles. The number of nitrogens with one attached hydrogen (secondary N) is 1. The average Bonchev–Trinajstić information content (AvgIpc) is 2.78. The third-order valence-electron chi connectivity index (χ3n) is 7.08. The van der Waals surface area contributed by atoms with Gasteiger partial charge in [0.05, 0.1) is 5.57 Å². The van der Waals surface area contributed by atoms with Crippen molar-refractivity contribution in [1.29, 1.82) is 0 Å². The average molecular weight is 388 g/mol. The van der Waals surface area contributed by atoms with Crippen LogP contribution in [0.2, 0.25) is 0 Å². The van der Waals surface area contributed by atoms with Crippen molar-refractivity contribution >= 4 is 11.5 Å². The van der Waals surface area contributed by atoms with Crippen molar-refractivity contribution in [2.24, 2.45) is 5.92 Å². The molecular weight excluding hydrogens is 358 g/mol. The fraction of sp³-hybridized carbons (Fsp3) is 0.440. The van der Waals surface area contributed by atoms with E-state index in [0.717, 1.165) is 37.2 Å². The van der Waals surface area contributed by atoms with Gasteiger partial charge in [-0.25, -0.2) is 15.2 Å². The van der Waals surface area contributed by atoms with Crippen LogP contribution >= 0.6 is 0 Å². The molecule has 3 heterocycles. The van der Waals surface area contributed by atoms with Crippen molar-refractivity contribution in [1.82, 2.24) is 15.3 Å². The molecule has 3 aliphatic heterocycles. The third kappa shape index (κ3) is 3.47. The van der Waals surface area contributed by atoms with Crippen LogP contribution in [0.3, 0.4) is 0 Å². The summed E-state index contributed by atoms with van der Waals surface area (Å²) in [6.07, 6.45) is 3.61. The van der Waals surface area contributed by atoms with Crippen molar-refractivity contribution in [2.75, 3.05) is 19.6 Å². The first kappa shape index (κ1) is 18.8. The molecule has 5 rings (SSSR count). The van der Waals surface area contributed by atoms with Gasteiger partial charge in [-0.3, -0.25) is 4.90 Å². The lowest BCUT2D eigenvalue weighted by Gasteiger charge is -2.52. The van der Waals surface area contributed by atoms with Crippen LogP contribution < -0.4 is 5.43 Å². The lowest BCUT2D eigenvalue weighted by Crippen LogP contribution is -2.59. The molecule has 0 amide bonds. The van der Waals surface area contributed by atoms with Crippen LogP contribution in [-0.2, 0) is 4.79 Å². The molecule has 3 aliphatic rings. The highest BCUT2D eigenvalue weighted by atomic mass is 16.1. The number of hydrogen-bond donors (Lipinski definition) is 1. The normalized spacial score (nSPS) is 28.0. The smallest absolute Gasteiger partial charge is 0.129 e. The number of piperidine rings is 2. The number of fused-ring (bicyclic) bond motifs is 4. The summed E-state index contributed by atoms with van der Waals surface area (Å²) < 4.78 is 0. The summed E-state index contributed by atoms with van der Waals surface area (Å²) in [5, 5.41) is 2.52. The fourth-order valence-corrected chi connectivity index (χ4v) is 5.64. The molecule has 4 heteroatoms. The van der Waals surface area contributed by atoms with Gasteiger partial charge in [-0.15, -0.1) is 0 Å². The zero-order chi connectivity index (χ0) is 19.8. The minimum absolute atomic E-state index is 0.302. The zero-order valence-corrected chi connectivity index (χ0v) is 17.1. The quantitative estimate of drug-likeness (QED) is 0.808. The maximum absolute atomic E-state index is 11.6. The fourth-order valence-electron chi connectivity index (χ4n) is 5.64. The maximum Gasteiger partial charge on any atom is 0.129 e. The number of carbonyl (C=O) groups excluding carboxylic acids is 1. The first-order valence-electron chi connectivity index (χ1n) is 10.9. The Morgan fingerprint density at radius 1 is 1.10 bits per heavy atom. The summed E-state index contributed by atoms with van der Waals surface area (Å²) in [4.78, 5) is 14.1. The van der Waals surface area contributed by atoms with Crippen molar-refractivity contribution < 1.29 is 4.79 Å². The SMILES string of the molecule is C[C@@H](NN1CCC[C@@H]2CN3CC(=C=O)c4ccccc4[C@H]3C[C@@H]21)c1ccccc1. The molecule has 1 N–H and O–H groups in total. The molecule has 2 aromatic carbocycles. The minimum atomic E-state index is 0.302. The summed E-state index contributed by atoms with van der Waals surface area (Å²) >= 11 is 0. The molecule has 4 nitrogen and oxygen atoms in total. The number of rotatable bonds is 3. The van der Waals surface area contributed by atoms with Gasteiger partial charge >= 0.3 is 0 Å². The lowest BCUT2D eigenvalue weighted by molar-refractivity contribution is -0.0372. The summed E-state index contributed by atoms with van der Waals surface area (Å²) in [5.41, 5.74) is 8.38. The van der Waals surface area contributed by atoms with Crippen LogP contribution in [0.25, 0.3) is 5.57 Å². The highest BCUT2D eigenvalue weighted by Gasteiger charge is 2.43. The minimum Gasteiger partial charge on any atom is -0.291 e. The molecular formula is C25H29N3O. The number of hydrazine groups is 1. The monoisotopic (exact) mass is 387 g/mol. The van der Waals surface area contributed by atoms with E-state index in [-0.39, 0.29) is 0 Å². The Bertz CT molecular complexity index is 921. The van der Waals surface area contributed by atoms with E-state index >= 15 is 0 Å². The number of hydrogen-bond acceptors (Lipinski definition) is 4. The molecule has 0 spiro atoms. The molecule has 2 aromatic rings. The van der Waals surface area contributed by atoms with Crippen LogP contribution in [0.15, 0.2) is 54.6 Å². The predicted molar refractivity (Wildman–Crippen MR) is 116 cm³/mol. The van der Waals surface area contributed by atoms with Gasteiger partial charge in [0.2, 0.25) is 0 Å². The molecule has 150 valence electrons. The Morgan fingerprint density at radius 3 is 2.72 bits per heavy atom. The van der Waals surface area contributed by atoms with Gasteiger partial charge in [-0.1, -0.05) is 54.6 Å². The Kier molecular flexibility index (Phi) is 5.11. The van der Waals surface area contributed by atoms with Gasteiger partial charge in [0.1, 0.15) is 5.94 Å². The third-order valence-corrected chi connectivity index (χ3v) is 7.08. The van der Waals surface area contributed by atoms with E-state index < -0.39 is 0 Å². The Balaban J connectivity index is 1.40. The van der Waals surface area contributed by atoms with E-state index in [2.05, 4.69) is 76.7 Å². The van der Waals surface area contributed by atoms with Gasteiger partial charge in [-0.05, 0) is 48.8 Å². The Hall–Kier alpha value is -2.23. The molecule has 2 fully saturated rings. The van der Waals surface area contributed by atoms with Gasteiger partial charge in [-0.2, -0.15) is 0 Å². The summed E-state index contributed by atoms with van der Waals surface area (Å²) in [7, 11) is 0.